The summed E-state index contributed by atoms with van der Waals surface area (Å²) >= 11 is 0. The Labute approximate surface area is 79.0 Å². The van der Waals surface area contributed by atoms with Crippen LogP contribution in [-0.4, -0.2) is 29.5 Å². The first kappa shape index (κ1) is 10.5. The fraction of sp³-hybridized carbons (Fsp3) is 0.800. The van der Waals surface area contributed by atoms with E-state index in [4.69, 9.17) is 14.9 Å². The number of hydrogen-bond acceptors (Lipinski definition) is 3. The Morgan fingerprint density at radius 3 is 2.46 bits per heavy atom. The molecule has 0 bridgehead atoms. The Bertz CT molecular complexity index is 160. The topological polar surface area (TPSA) is 49.7 Å². The second-order valence-corrected chi connectivity index (χ2v) is 3.39. The van der Waals surface area contributed by atoms with Crippen LogP contribution in [0.5, 0.6) is 0 Å². The van der Waals surface area contributed by atoms with Gasteiger partial charge in [-0.2, -0.15) is 0 Å². The molecule has 1 aliphatic carbocycles. The summed E-state index contributed by atoms with van der Waals surface area (Å²) in [6, 6.07) is 0. The Hall–Kier alpha value is -0.540. The van der Waals surface area contributed by atoms with Gasteiger partial charge >= 0.3 is 0 Å². The quantitative estimate of drug-likeness (QED) is 0.649. The molecule has 0 atom stereocenters. The zero-order valence-corrected chi connectivity index (χ0v) is 7.91. The van der Waals surface area contributed by atoms with Crippen molar-refractivity contribution in [1.29, 1.82) is 0 Å². The van der Waals surface area contributed by atoms with Gasteiger partial charge in [0, 0.05) is 0 Å². The molecule has 0 amide bonds. The Kier molecular flexibility index (Phi) is 4.86. The summed E-state index contributed by atoms with van der Waals surface area (Å²) in [6.45, 7) is -0.181. The molecule has 1 saturated carbocycles. The van der Waals surface area contributed by atoms with Crippen LogP contribution in [0.1, 0.15) is 32.1 Å². The standard InChI is InChI=1S/C10H18O3/c11-7-6-10(8-12)13-9-4-2-1-3-5-9/h6,9,11-12H,1-5,7-8H2. The first-order valence-electron chi connectivity index (χ1n) is 4.94. The highest BCUT2D eigenvalue weighted by atomic mass is 16.5. The van der Waals surface area contributed by atoms with Gasteiger partial charge in [-0.25, -0.2) is 0 Å². The van der Waals surface area contributed by atoms with E-state index in [0.29, 0.717) is 5.76 Å². The maximum Gasteiger partial charge on any atom is 0.120 e. The molecule has 0 spiro atoms. The van der Waals surface area contributed by atoms with Crippen LogP contribution in [0, 0.1) is 0 Å². The molecule has 0 aliphatic heterocycles. The molecule has 0 unspecified atom stereocenters. The van der Waals surface area contributed by atoms with Crippen molar-refractivity contribution in [2.24, 2.45) is 0 Å². The van der Waals surface area contributed by atoms with Crippen molar-refractivity contribution >= 4 is 0 Å². The van der Waals surface area contributed by atoms with Gasteiger partial charge in [-0.3, -0.25) is 0 Å². The second kappa shape index (κ2) is 6.00. The third kappa shape index (κ3) is 3.79. The number of ether oxygens (including phenoxy) is 1. The van der Waals surface area contributed by atoms with E-state index in [1.165, 1.54) is 25.3 Å². The summed E-state index contributed by atoms with van der Waals surface area (Å²) in [5.74, 6) is 0.509. The molecule has 0 radical (unpaired) electrons. The van der Waals surface area contributed by atoms with Crippen LogP contribution in [0.25, 0.3) is 0 Å². The van der Waals surface area contributed by atoms with E-state index in [2.05, 4.69) is 0 Å². The average Bonchev–Trinajstić information content (AvgIpc) is 2.19. The van der Waals surface area contributed by atoms with Crippen molar-refractivity contribution in [3.05, 3.63) is 11.8 Å². The lowest BCUT2D eigenvalue weighted by molar-refractivity contribution is 0.0600. The third-order valence-electron chi connectivity index (χ3n) is 2.35. The Balaban J connectivity index is 2.31. The molecule has 1 aliphatic rings. The van der Waals surface area contributed by atoms with Crippen LogP contribution in [0.15, 0.2) is 11.8 Å². The molecule has 13 heavy (non-hydrogen) atoms. The van der Waals surface area contributed by atoms with Crippen molar-refractivity contribution < 1.29 is 14.9 Å². The summed E-state index contributed by atoms with van der Waals surface area (Å²) in [4.78, 5) is 0. The first-order chi connectivity index (χ1) is 6.36. The summed E-state index contributed by atoms with van der Waals surface area (Å²) in [5.41, 5.74) is 0. The van der Waals surface area contributed by atoms with Gasteiger partial charge in [0.05, 0.1) is 12.7 Å². The molecular weight excluding hydrogens is 168 g/mol. The van der Waals surface area contributed by atoms with Gasteiger partial charge in [0.15, 0.2) is 0 Å². The van der Waals surface area contributed by atoms with Crippen LogP contribution in [0.3, 0.4) is 0 Å². The minimum Gasteiger partial charge on any atom is -0.493 e. The Morgan fingerprint density at radius 1 is 1.23 bits per heavy atom. The summed E-state index contributed by atoms with van der Waals surface area (Å²) in [5, 5.41) is 17.5. The van der Waals surface area contributed by atoms with Gasteiger partial charge in [0.2, 0.25) is 0 Å². The van der Waals surface area contributed by atoms with Crippen molar-refractivity contribution in [3.63, 3.8) is 0 Å². The van der Waals surface area contributed by atoms with Gasteiger partial charge in [-0.05, 0) is 31.8 Å². The summed E-state index contributed by atoms with van der Waals surface area (Å²) in [7, 11) is 0. The van der Waals surface area contributed by atoms with E-state index in [-0.39, 0.29) is 19.3 Å². The van der Waals surface area contributed by atoms with Crippen LogP contribution < -0.4 is 0 Å². The molecule has 0 aromatic rings. The number of aliphatic hydroxyl groups is 2. The van der Waals surface area contributed by atoms with Crippen LogP contribution in [-0.2, 0) is 4.74 Å². The van der Waals surface area contributed by atoms with Gasteiger partial charge < -0.3 is 14.9 Å². The maximum absolute atomic E-state index is 8.88. The van der Waals surface area contributed by atoms with Crippen molar-refractivity contribution in [1.82, 2.24) is 0 Å². The van der Waals surface area contributed by atoms with Gasteiger partial charge in [-0.1, -0.05) is 6.42 Å². The van der Waals surface area contributed by atoms with E-state index in [9.17, 15) is 0 Å². The number of aliphatic hydroxyl groups excluding tert-OH is 2. The lowest BCUT2D eigenvalue weighted by Crippen LogP contribution is -2.17. The maximum atomic E-state index is 8.88. The van der Waals surface area contributed by atoms with E-state index in [0.717, 1.165) is 12.8 Å². The van der Waals surface area contributed by atoms with E-state index < -0.39 is 0 Å². The normalized spacial score (nSPS) is 20.3. The van der Waals surface area contributed by atoms with E-state index >= 15 is 0 Å². The molecule has 2 N–H and O–H groups in total. The first-order valence-corrected chi connectivity index (χ1v) is 4.94. The molecule has 0 aromatic carbocycles. The molecule has 3 heteroatoms. The highest BCUT2D eigenvalue weighted by molar-refractivity contribution is 4.93. The molecule has 0 aromatic heterocycles. The summed E-state index contributed by atoms with van der Waals surface area (Å²) in [6.07, 6.45) is 7.63. The molecular formula is C10H18O3. The monoisotopic (exact) mass is 186 g/mol. The van der Waals surface area contributed by atoms with E-state index in [1.807, 2.05) is 0 Å². The molecule has 3 nitrogen and oxygen atoms in total. The zero-order chi connectivity index (χ0) is 9.52. The van der Waals surface area contributed by atoms with Crippen LogP contribution in [0.4, 0.5) is 0 Å². The van der Waals surface area contributed by atoms with Crippen molar-refractivity contribution in [3.8, 4) is 0 Å². The molecule has 0 saturated heterocycles. The molecule has 1 fully saturated rings. The lowest BCUT2D eigenvalue weighted by Gasteiger charge is -2.23. The largest absolute Gasteiger partial charge is 0.493 e. The number of hydrogen-bond donors (Lipinski definition) is 2. The minimum atomic E-state index is -0.114. The highest BCUT2D eigenvalue weighted by Gasteiger charge is 2.15. The molecule has 76 valence electrons. The summed E-state index contributed by atoms with van der Waals surface area (Å²) < 4.78 is 5.53. The van der Waals surface area contributed by atoms with Crippen LogP contribution in [0.2, 0.25) is 0 Å². The fourth-order valence-corrected chi connectivity index (χ4v) is 1.65. The van der Waals surface area contributed by atoms with Gasteiger partial charge in [-0.15, -0.1) is 0 Å². The SMILES string of the molecule is OCC=C(CO)OC1CCCCC1. The average molecular weight is 186 g/mol. The van der Waals surface area contributed by atoms with Crippen molar-refractivity contribution in [2.75, 3.05) is 13.2 Å². The lowest BCUT2D eigenvalue weighted by atomic mass is 9.98. The predicted molar refractivity (Wildman–Crippen MR) is 50.2 cm³/mol. The van der Waals surface area contributed by atoms with Crippen molar-refractivity contribution in [2.45, 2.75) is 38.2 Å². The minimum absolute atomic E-state index is 0.0669. The number of rotatable bonds is 4. The van der Waals surface area contributed by atoms with Gasteiger partial charge in [0.25, 0.3) is 0 Å². The third-order valence-corrected chi connectivity index (χ3v) is 2.35. The zero-order valence-electron chi connectivity index (χ0n) is 7.91. The smallest absolute Gasteiger partial charge is 0.120 e. The second-order valence-electron chi connectivity index (χ2n) is 3.39. The van der Waals surface area contributed by atoms with Gasteiger partial charge in [0.1, 0.15) is 12.4 Å². The predicted octanol–water partition coefficient (Wildman–Crippen LogP) is 1.20. The molecule has 1 rings (SSSR count). The van der Waals surface area contributed by atoms with Crippen LogP contribution >= 0.6 is 0 Å². The molecule has 0 heterocycles. The highest BCUT2D eigenvalue weighted by Crippen LogP contribution is 2.22. The van der Waals surface area contributed by atoms with E-state index in [1.54, 1.807) is 0 Å². The Morgan fingerprint density at radius 2 is 1.92 bits per heavy atom. The fourth-order valence-electron chi connectivity index (χ4n) is 1.65.